The number of aromatic nitrogens is 4. The molecule has 20 heavy (non-hydrogen) atoms. The van der Waals surface area contributed by atoms with Crippen LogP contribution in [0.5, 0.6) is 0 Å². The number of hydrogen-bond donors (Lipinski definition) is 6. The van der Waals surface area contributed by atoms with Gasteiger partial charge < -0.3 is 30.4 Å². The second kappa shape index (κ2) is 4.83. The molecule has 0 spiro atoms. The van der Waals surface area contributed by atoms with E-state index in [1.54, 1.807) is 0 Å². The average Bonchev–Trinajstić information content (AvgIpc) is 2.99. The Bertz CT molecular complexity index is 669. The van der Waals surface area contributed by atoms with Gasteiger partial charge >= 0.3 is 0 Å². The Kier molecular flexibility index (Phi) is 3.14. The topological polar surface area (TPSA) is 156 Å². The van der Waals surface area contributed by atoms with Crippen molar-refractivity contribution in [1.82, 2.24) is 19.9 Å². The first-order chi connectivity index (χ1) is 9.60. The molecular weight excluding hydrogens is 270 g/mol. The van der Waals surface area contributed by atoms with Crippen LogP contribution in [0.3, 0.4) is 0 Å². The van der Waals surface area contributed by atoms with Gasteiger partial charge in [0.05, 0.1) is 12.9 Å². The number of nitrogens with zero attached hydrogens (tertiary/aromatic N) is 2. The van der Waals surface area contributed by atoms with Crippen LogP contribution in [0.25, 0.3) is 11.2 Å². The lowest BCUT2D eigenvalue weighted by atomic mass is 10.1. The predicted molar refractivity (Wildman–Crippen MR) is 65.9 cm³/mol. The molecule has 2 aromatic rings. The molecule has 0 amide bonds. The smallest absolute Gasteiger partial charge is 0.278 e. The minimum absolute atomic E-state index is 0.0458. The van der Waals surface area contributed by atoms with Crippen molar-refractivity contribution in [3.05, 3.63) is 16.7 Å². The van der Waals surface area contributed by atoms with Crippen LogP contribution in [-0.2, 0) is 4.74 Å². The molecule has 108 valence electrons. The minimum Gasteiger partial charge on any atom is -0.394 e. The van der Waals surface area contributed by atoms with Crippen molar-refractivity contribution in [2.45, 2.75) is 24.5 Å². The molecule has 1 saturated heterocycles. The van der Waals surface area contributed by atoms with E-state index in [4.69, 9.17) is 9.84 Å². The van der Waals surface area contributed by atoms with Gasteiger partial charge in [-0.3, -0.25) is 9.78 Å². The zero-order valence-electron chi connectivity index (χ0n) is 10.1. The van der Waals surface area contributed by atoms with E-state index in [-0.39, 0.29) is 17.1 Å². The summed E-state index contributed by atoms with van der Waals surface area (Å²) in [7, 11) is 0. The van der Waals surface area contributed by atoms with Crippen molar-refractivity contribution in [2.75, 3.05) is 11.9 Å². The Balaban J connectivity index is 1.84. The number of anilines is 1. The number of hydrogen-bond acceptors (Lipinski definition) is 8. The first-order valence-corrected chi connectivity index (χ1v) is 5.92. The number of H-pyrrole nitrogens is 2. The molecule has 0 aromatic carbocycles. The highest BCUT2D eigenvalue weighted by Gasteiger charge is 2.42. The fraction of sp³-hybridized carbons (Fsp3) is 0.500. The monoisotopic (exact) mass is 283 g/mol. The first kappa shape index (κ1) is 13.0. The number of aliphatic hydroxyl groups is 3. The molecule has 0 saturated carbocycles. The van der Waals surface area contributed by atoms with Crippen molar-refractivity contribution in [3.63, 3.8) is 0 Å². The molecule has 0 aliphatic carbocycles. The Hall–Kier alpha value is -2.01. The summed E-state index contributed by atoms with van der Waals surface area (Å²) in [5.41, 5.74) is 0.0152. The van der Waals surface area contributed by atoms with Gasteiger partial charge in [-0.2, -0.15) is 4.98 Å². The fourth-order valence-corrected chi connectivity index (χ4v) is 2.06. The maximum Gasteiger partial charge on any atom is 0.278 e. The van der Waals surface area contributed by atoms with Crippen molar-refractivity contribution in [3.8, 4) is 0 Å². The molecule has 1 unspecified atom stereocenters. The Morgan fingerprint density at radius 3 is 2.90 bits per heavy atom. The second-order valence-corrected chi connectivity index (χ2v) is 4.42. The molecule has 1 fully saturated rings. The highest BCUT2D eigenvalue weighted by atomic mass is 16.6. The highest BCUT2D eigenvalue weighted by Crippen LogP contribution is 2.21. The molecule has 0 bridgehead atoms. The summed E-state index contributed by atoms with van der Waals surface area (Å²) in [4.78, 5) is 24.7. The van der Waals surface area contributed by atoms with Gasteiger partial charge in [0, 0.05) is 0 Å². The van der Waals surface area contributed by atoms with Gasteiger partial charge in [-0.05, 0) is 0 Å². The van der Waals surface area contributed by atoms with Crippen molar-refractivity contribution in [2.24, 2.45) is 0 Å². The number of nitrogens with one attached hydrogen (secondary N) is 3. The van der Waals surface area contributed by atoms with Gasteiger partial charge in [0.15, 0.2) is 17.4 Å². The molecule has 0 radical (unpaired) electrons. The van der Waals surface area contributed by atoms with E-state index < -0.39 is 36.7 Å². The molecule has 4 atom stereocenters. The molecular formula is C10H13N5O5. The molecule has 3 heterocycles. The largest absolute Gasteiger partial charge is 0.394 e. The van der Waals surface area contributed by atoms with Crippen LogP contribution in [0.15, 0.2) is 11.1 Å². The van der Waals surface area contributed by atoms with Crippen molar-refractivity contribution in [1.29, 1.82) is 0 Å². The fourth-order valence-electron chi connectivity index (χ4n) is 2.06. The number of fused-ring (bicyclic) bond motifs is 1. The standard InChI is InChI=1S/C10H13N5O5/c16-1-3-5(17)6(18)9(20-3)15-10-13-7-4(8(19)14-10)11-2-12-7/h2-3,5-6,9,16-18H,1H2,(H3,11,12,13,14,15,19)/t3-,5-,6-,9?/m0/s1. The lowest BCUT2D eigenvalue weighted by Crippen LogP contribution is -2.37. The average molecular weight is 283 g/mol. The molecule has 1 aliphatic rings. The Morgan fingerprint density at radius 2 is 2.20 bits per heavy atom. The summed E-state index contributed by atoms with van der Waals surface area (Å²) in [6.07, 6.45) is -3.04. The zero-order valence-corrected chi connectivity index (χ0v) is 10.1. The number of aliphatic hydroxyl groups excluding tert-OH is 3. The number of ether oxygens (including phenoxy) is 1. The van der Waals surface area contributed by atoms with Gasteiger partial charge in [0.1, 0.15) is 18.3 Å². The van der Waals surface area contributed by atoms with Gasteiger partial charge in [0.25, 0.3) is 5.56 Å². The second-order valence-electron chi connectivity index (χ2n) is 4.42. The zero-order chi connectivity index (χ0) is 14.3. The molecule has 3 rings (SSSR count). The van der Waals surface area contributed by atoms with E-state index in [1.807, 2.05) is 0 Å². The lowest BCUT2D eigenvalue weighted by molar-refractivity contribution is -0.0154. The molecule has 10 heteroatoms. The minimum atomic E-state index is -1.26. The summed E-state index contributed by atoms with van der Waals surface area (Å²) in [5, 5.41) is 31.0. The molecule has 6 N–H and O–H groups in total. The SMILES string of the molecule is O=c1[nH]c(NC2O[C@@H](CO)[C@H](O)[C@@H]2O)nc2nc[nH]c12. The first-order valence-electron chi connectivity index (χ1n) is 5.92. The van der Waals surface area contributed by atoms with Crippen LogP contribution in [0, 0.1) is 0 Å². The van der Waals surface area contributed by atoms with Crippen LogP contribution in [0.4, 0.5) is 5.95 Å². The third-order valence-electron chi connectivity index (χ3n) is 3.12. The van der Waals surface area contributed by atoms with E-state index in [0.29, 0.717) is 0 Å². The molecule has 10 nitrogen and oxygen atoms in total. The van der Waals surface area contributed by atoms with Crippen molar-refractivity contribution >= 4 is 17.1 Å². The highest BCUT2D eigenvalue weighted by molar-refractivity contribution is 5.69. The van der Waals surface area contributed by atoms with Crippen LogP contribution in [-0.4, -0.2) is 66.4 Å². The Morgan fingerprint density at radius 1 is 1.40 bits per heavy atom. The number of rotatable bonds is 3. The van der Waals surface area contributed by atoms with E-state index in [2.05, 4.69) is 25.3 Å². The van der Waals surface area contributed by atoms with Crippen LogP contribution >= 0.6 is 0 Å². The van der Waals surface area contributed by atoms with E-state index in [0.717, 1.165) is 0 Å². The third-order valence-corrected chi connectivity index (χ3v) is 3.12. The number of aromatic amines is 2. The van der Waals surface area contributed by atoms with Gasteiger partial charge in [0.2, 0.25) is 5.95 Å². The third kappa shape index (κ3) is 2.04. The van der Waals surface area contributed by atoms with E-state index in [1.165, 1.54) is 6.33 Å². The van der Waals surface area contributed by atoms with Crippen LogP contribution in [0.2, 0.25) is 0 Å². The summed E-state index contributed by atoms with van der Waals surface area (Å²) >= 11 is 0. The Labute approximate surface area is 111 Å². The normalized spacial score (nSPS) is 29.9. The van der Waals surface area contributed by atoms with Crippen LogP contribution in [0.1, 0.15) is 0 Å². The maximum absolute atomic E-state index is 11.7. The van der Waals surface area contributed by atoms with Gasteiger partial charge in [-0.1, -0.05) is 0 Å². The lowest BCUT2D eigenvalue weighted by Gasteiger charge is -2.16. The predicted octanol–water partition coefficient (Wildman–Crippen LogP) is -2.50. The molecule has 2 aromatic heterocycles. The molecule has 1 aliphatic heterocycles. The summed E-state index contributed by atoms with van der Waals surface area (Å²) in [6, 6.07) is 0. The van der Waals surface area contributed by atoms with E-state index in [9.17, 15) is 15.0 Å². The maximum atomic E-state index is 11.7. The number of imidazole rings is 1. The van der Waals surface area contributed by atoms with Gasteiger partial charge in [-0.15, -0.1) is 0 Å². The quantitative estimate of drug-likeness (QED) is 0.361. The van der Waals surface area contributed by atoms with Crippen molar-refractivity contribution < 1.29 is 20.1 Å². The van der Waals surface area contributed by atoms with E-state index >= 15 is 0 Å². The summed E-state index contributed by atoms with van der Waals surface area (Å²) in [5.74, 6) is 0.0458. The summed E-state index contributed by atoms with van der Waals surface area (Å²) < 4.78 is 5.22. The van der Waals surface area contributed by atoms with Crippen LogP contribution < -0.4 is 10.9 Å². The summed E-state index contributed by atoms with van der Waals surface area (Å²) in [6.45, 7) is -0.432. The van der Waals surface area contributed by atoms with Gasteiger partial charge in [-0.25, -0.2) is 4.98 Å².